The molecule has 0 radical (unpaired) electrons. The van der Waals surface area contributed by atoms with Crippen LogP contribution >= 0.6 is 15.9 Å². The van der Waals surface area contributed by atoms with Crippen LogP contribution in [-0.2, 0) is 6.54 Å². The van der Waals surface area contributed by atoms with E-state index in [0.717, 1.165) is 41.6 Å². The van der Waals surface area contributed by atoms with Gasteiger partial charge in [-0.25, -0.2) is 4.98 Å². The Morgan fingerprint density at radius 3 is 2.81 bits per heavy atom. The van der Waals surface area contributed by atoms with Crippen LogP contribution in [0, 0.1) is 0 Å². The summed E-state index contributed by atoms with van der Waals surface area (Å²) in [6, 6.07) is 8.62. The Kier molecular flexibility index (Phi) is 6.55. The third kappa shape index (κ3) is 4.90. The van der Waals surface area contributed by atoms with E-state index < -0.39 is 0 Å². The predicted octanol–water partition coefficient (Wildman–Crippen LogP) is 3.41. The molecule has 1 fully saturated rings. The van der Waals surface area contributed by atoms with E-state index >= 15 is 0 Å². The first-order valence-electron chi connectivity index (χ1n) is 9.26. The van der Waals surface area contributed by atoms with E-state index in [1.165, 1.54) is 18.4 Å². The zero-order chi connectivity index (χ0) is 19.4. The van der Waals surface area contributed by atoms with Gasteiger partial charge in [0.25, 0.3) is 0 Å². The molecule has 7 heteroatoms. The second-order valence-electron chi connectivity index (χ2n) is 7.21. The minimum absolute atomic E-state index is 0.432. The second-order valence-corrected chi connectivity index (χ2v) is 8.12. The van der Waals surface area contributed by atoms with Crippen molar-refractivity contribution in [3.05, 3.63) is 40.5 Å². The molecular weight excluding hydrogens is 406 g/mol. The van der Waals surface area contributed by atoms with E-state index in [1.807, 2.05) is 43.4 Å². The van der Waals surface area contributed by atoms with Crippen LogP contribution in [0.1, 0.15) is 18.4 Å². The summed E-state index contributed by atoms with van der Waals surface area (Å²) in [5.41, 5.74) is 1.21. The number of methoxy groups -OCH3 is 1. The molecule has 1 aliphatic rings. The number of nitrogens with zero attached hydrogens (tertiary/aromatic N) is 5. The van der Waals surface area contributed by atoms with E-state index in [0.29, 0.717) is 6.04 Å². The lowest BCUT2D eigenvalue weighted by Crippen LogP contribution is -2.46. The van der Waals surface area contributed by atoms with Gasteiger partial charge in [0.2, 0.25) is 5.95 Å². The highest BCUT2D eigenvalue weighted by atomic mass is 79.9. The van der Waals surface area contributed by atoms with Crippen molar-refractivity contribution in [2.24, 2.45) is 0 Å². The van der Waals surface area contributed by atoms with E-state index in [9.17, 15) is 0 Å². The average Bonchev–Trinajstić information content (AvgIpc) is 2.68. The largest absolute Gasteiger partial charge is 0.496 e. The van der Waals surface area contributed by atoms with Crippen LogP contribution in [-0.4, -0.2) is 62.3 Å². The van der Waals surface area contributed by atoms with Crippen LogP contribution in [0.2, 0.25) is 0 Å². The quantitative estimate of drug-likeness (QED) is 0.695. The van der Waals surface area contributed by atoms with Gasteiger partial charge in [0.05, 0.1) is 7.11 Å². The molecule has 1 aromatic carbocycles. The first-order chi connectivity index (χ1) is 13.0. The van der Waals surface area contributed by atoms with Crippen LogP contribution in [0.15, 0.2) is 34.9 Å². The number of piperidine rings is 1. The second kappa shape index (κ2) is 8.89. The molecule has 1 atom stereocenters. The lowest BCUT2D eigenvalue weighted by molar-refractivity contribution is 0.196. The van der Waals surface area contributed by atoms with E-state index in [2.05, 4.69) is 43.8 Å². The molecule has 3 rings (SSSR count). The summed E-state index contributed by atoms with van der Waals surface area (Å²) in [5, 5.41) is 0. The first-order valence-corrected chi connectivity index (χ1v) is 10.0. The van der Waals surface area contributed by atoms with Gasteiger partial charge in [0.15, 0.2) is 0 Å². The Morgan fingerprint density at radius 1 is 1.26 bits per heavy atom. The maximum absolute atomic E-state index is 5.54. The van der Waals surface area contributed by atoms with Crippen molar-refractivity contribution in [2.75, 3.05) is 51.1 Å². The molecule has 2 aromatic rings. The van der Waals surface area contributed by atoms with Gasteiger partial charge in [0, 0.05) is 56.5 Å². The van der Waals surface area contributed by atoms with Crippen LogP contribution < -0.4 is 14.5 Å². The highest BCUT2D eigenvalue weighted by Crippen LogP contribution is 2.27. The van der Waals surface area contributed by atoms with Crippen molar-refractivity contribution in [1.82, 2.24) is 14.9 Å². The number of rotatable bonds is 6. The Morgan fingerprint density at radius 2 is 2.07 bits per heavy atom. The van der Waals surface area contributed by atoms with E-state index in [1.54, 1.807) is 7.11 Å². The number of likely N-dealkylation sites (tertiary alicyclic amines) is 1. The lowest BCUT2D eigenvalue weighted by Gasteiger charge is -2.38. The van der Waals surface area contributed by atoms with Gasteiger partial charge < -0.3 is 14.5 Å². The molecule has 6 nitrogen and oxygen atoms in total. The van der Waals surface area contributed by atoms with E-state index in [-0.39, 0.29) is 0 Å². The van der Waals surface area contributed by atoms with Crippen molar-refractivity contribution in [3.63, 3.8) is 0 Å². The van der Waals surface area contributed by atoms with Crippen molar-refractivity contribution in [2.45, 2.75) is 25.4 Å². The SMILES string of the molecule is COc1ccc(Br)cc1CN1CCCC(N(C)c2ccnc(N(C)C)n2)C1. The number of ether oxygens (including phenoxy) is 1. The number of likely N-dealkylation sites (N-methyl/N-ethyl adjacent to an activating group) is 1. The van der Waals surface area contributed by atoms with Crippen molar-refractivity contribution in [1.29, 1.82) is 0 Å². The third-order valence-electron chi connectivity index (χ3n) is 5.05. The normalized spacial score (nSPS) is 17.6. The fraction of sp³-hybridized carbons (Fsp3) is 0.500. The number of halogens is 1. The topological polar surface area (TPSA) is 44.7 Å². The molecule has 0 spiro atoms. The fourth-order valence-electron chi connectivity index (χ4n) is 3.54. The molecular formula is C20H28BrN5O. The number of hydrogen-bond donors (Lipinski definition) is 0. The van der Waals surface area contributed by atoms with Crippen LogP contribution in [0.25, 0.3) is 0 Å². The molecule has 146 valence electrons. The van der Waals surface area contributed by atoms with Gasteiger partial charge in [-0.05, 0) is 43.7 Å². The number of hydrogen-bond acceptors (Lipinski definition) is 6. The van der Waals surface area contributed by atoms with Crippen LogP contribution in [0.3, 0.4) is 0 Å². The molecule has 1 aromatic heterocycles. The highest BCUT2D eigenvalue weighted by molar-refractivity contribution is 9.10. The smallest absolute Gasteiger partial charge is 0.226 e. The first kappa shape index (κ1) is 19.9. The van der Waals surface area contributed by atoms with Crippen LogP contribution in [0.5, 0.6) is 5.75 Å². The summed E-state index contributed by atoms with van der Waals surface area (Å²) in [6.07, 6.45) is 4.18. The lowest BCUT2D eigenvalue weighted by atomic mass is 10.0. The zero-order valence-corrected chi connectivity index (χ0v) is 18.1. The van der Waals surface area contributed by atoms with Crippen molar-refractivity contribution < 1.29 is 4.74 Å². The molecule has 0 amide bonds. The standard InChI is InChI=1S/C20H28BrN5O/c1-24(2)20-22-10-9-19(23-20)25(3)17-6-5-11-26(14-17)13-15-12-16(21)7-8-18(15)27-4/h7-10,12,17H,5-6,11,13-14H2,1-4H3. The minimum atomic E-state index is 0.432. The van der Waals surface area contributed by atoms with Gasteiger partial charge in [0.1, 0.15) is 11.6 Å². The van der Waals surface area contributed by atoms with Crippen molar-refractivity contribution >= 4 is 27.7 Å². The summed E-state index contributed by atoms with van der Waals surface area (Å²) in [6.45, 7) is 3.00. The minimum Gasteiger partial charge on any atom is -0.496 e. The highest BCUT2D eigenvalue weighted by Gasteiger charge is 2.25. The summed E-state index contributed by atoms with van der Waals surface area (Å²) in [7, 11) is 7.80. The molecule has 0 saturated carbocycles. The Bertz CT molecular complexity index is 770. The third-order valence-corrected chi connectivity index (χ3v) is 5.55. The zero-order valence-electron chi connectivity index (χ0n) is 16.5. The van der Waals surface area contributed by atoms with Crippen molar-refractivity contribution in [3.8, 4) is 5.75 Å². The molecule has 1 aliphatic heterocycles. The number of aromatic nitrogens is 2. The fourth-order valence-corrected chi connectivity index (χ4v) is 3.95. The Hall–Kier alpha value is -1.86. The summed E-state index contributed by atoms with van der Waals surface area (Å²) in [5.74, 6) is 2.66. The molecule has 1 saturated heterocycles. The molecule has 0 aliphatic carbocycles. The average molecular weight is 434 g/mol. The maximum Gasteiger partial charge on any atom is 0.226 e. The number of benzene rings is 1. The maximum atomic E-state index is 5.54. The summed E-state index contributed by atoms with van der Waals surface area (Å²) in [4.78, 5) is 15.7. The number of anilines is 2. The predicted molar refractivity (Wildman–Crippen MR) is 114 cm³/mol. The van der Waals surface area contributed by atoms with Gasteiger partial charge in [-0.2, -0.15) is 4.98 Å². The van der Waals surface area contributed by atoms with Gasteiger partial charge >= 0.3 is 0 Å². The molecule has 2 heterocycles. The summed E-state index contributed by atoms with van der Waals surface area (Å²) < 4.78 is 6.63. The summed E-state index contributed by atoms with van der Waals surface area (Å²) >= 11 is 3.57. The Labute approximate surface area is 170 Å². The van der Waals surface area contributed by atoms with E-state index in [4.69, 9.17) is 9.72 Å². The molecule has 0 N–H and O–H groups in total. The Balaban J connectivity index is 1.71. The van der Waals surface area contributed by atoms with Gasteiger partial charge in [-0.3, -0.25) is 4.90 Å². The van der Waals surface area contributed by atoms with Crippen LogP contribution in [0.4, 0.5) is 11.8 Å². The van der Waals surface area contributed by atoms with Gasteiger partial charge in [-0.15, -0.1) is 0 Å². The van der Waals surface area contributed by atoms with Gasteiger partial charge in [-0.1, -0.05) is 15.9 Å². The molecule has 0 bridgehead atoms. The molecule has 1 unspecified atom stereocenters. The molecule has 27 heavy (non-hydrogen) atoms. The monoisotopic (exact) mass is 433 g/mol.